The van der Waals surface area contributed by atoms with Crippen LogP contribution in [0.2, 0.25) is 0 Å². The summed E-state index contributed by atoms with van der Waals surface area (Å²) in [6, 6.07) is 12.2. The summed E-state index contributed by atoms with van der Waals surface area (Å²) in [4.78, 5) is 11.3. The Bertz CT molecular complexity index is 599. The number of thioether (sulfide) groups is 1. The third-order valence-electron chi connectivity index (χ3n) is 2.61. The number of hydrogen-bond donors (Lipinski definition) is 2. The van der Waals surface area contributed by atoms with Gasteiger partial charge in [0.15, 0.2) is 0 Å². The topological polar surface area (TPSA) is 81.2 Å². The Labute approximate surface area is 115 Å². The summed E-state index contributed by atoms with van der Waals surface area (Å²) in [6.45, 7) is 0. The monoisotopic (exact) mass is 275 g/mol. The summed E-state index contributed by atoms with van der Waals surface area (Å²) in [6.07, 6.45) is 2.01. The minimum absolute atomic E-state index is 0.0132. The molecule has 0 amide bonds. The van der Waals surface area contributed by atoms with E-state index >= 15 is 0 Å². The van der Waals surface area contributed by atoms with Crippen LogP contribution in [0, 0.1) is 10.1 Å². The zero-order chi connectivity index (χ0) is 13.8. The highest BCUT2D eigenvalue weighted by Gasteiger charge is 2.08. The molecule has 2 aromatic rings. The van der Waals surface area contributed by atoms with Gasteiger partial charge in [0.1, 0.15) is 0 Å². The average molecular weight is 275 g/mol. The average Bonchev–Trinajstić information content (AvgIpc) is 2.41. The van der Waals surface area contributed by atoms with E-state index < -0.39 is 4.92 Å². The fraction of sp³-hybridized carbons (Fsp3) is 0.0769. The number of nitrogens with zero attached hydrogens (tertiary/aromatic N) is 1. The van der Waals surface area contributed by atoms with Gasteiger partial charge in [0.25, 0.3) is 5.69 Å². The fourth-order valence-corrected chi connectivity index (χ4v) is 2.02. The number of nitrogen functional groups attached to an aromatic ring is 1. The van der Waals surface area contributed by atoms with Crippen molar-refractivity contribution in [1.29, 1.82) is 0 Å². The van der Waals surface area contributed by atoms with Crippen molar-refractivity contribution in [1.82, 2.24) is 0 Å². The van der Waals surface area contributed by atoms with Gasteiger partial charge in [-0.2, -0.15) is 0 Å². The van der Waals surface area contributed by atoms with Crippen LogP contribution in [0.4, 0.5) is 22.7 Å². The molecule has 0 bridgehead atoms. The molecule has 0 aliphatic rings. The van der Waals surface area contributed by atoms with E-state index in [0.29, 0.717) is 11.4 Å². The molecule has 2 aromatic carbocycles. The standard InChI is InChI=1S/C13H13N3O2S/c1-19-11-5-2-9(3-6-11)15-13-7-4-10(16(17)18)8-12(13)14/h2-8,15H,14H2,1H3. The predicted molar refractivity (Wildman–Crippen MR) is 79.0 cm³/mol. The number of nitro benzene ring substituents is 1. The maximum atomic E-state index is 10.6. The van der Waals surface area contributed by atoms with Crippen LogP contribution < -0.4 is 11.1 Å². The lowest BCUT2D eigenvalue weighted by Crippen LogP contribution is -1.98. The minimum atomic E-state index is -0.465. The van der Waals surface area contributed by atoms with Crippen molar-refractivity contribution in [3.05, 3.63) is 52.6 Å². The molecule has 19 heavy (non-hydrogen) atoms. The molecule has 0 saturated carbocycles. The first-order valence-electron chi connectivity index (χ1n) is 5.55. The summed E-state index contributed by atoms with van der Waals surface area (Å²) < 4.78 is 0. The number of non-ortho nitro benzene ring substituents is 1. The molecule has 3 N–H and O–H groups in total. The lowest BCUT2D eigenvalue weighted by molar-refractivity contribution is -0.384. The van der Waals surface area contributed by atoms with E-state index in [0.717, 1.165) is 5.69 Å². The lowest BCUT2D eigenvalue weighted by atomic mass is 10.2. The number of nitrogens with two attached hydrogens (primary N) is 1. The molecule has 0 aliphatic heterocycles. The normalized spacial score (nSPS) is 10.2. The molecule has 0 unspecified atom stereocenters. The lowest BCUT2D eigenvalue weighted by Gasteiger charge is -2.09. The van der Waals surface area contributed by atoms with E-state index in [4.69, 9.17) is 5.73 Å². The number of nitrogens with one attached hydrogen (secondary N) is 1. The smallest absolute Gasteiger partial charge is 0.271 e. The first-order valence-corrected chi connectivity index (χ1v) is 6.77. The quantitative estimate of drug-likeness (QED) is 0.385. The summed E-state index contributed by atoms with van der Waals surface area (Å²) >= 11 is 1.66. The maximum absolute atomic E-state index is 10.6. The number of rotatable bonds is 4. The van der Waals surface area contributed by atoms with Gasteiger partial charge in [0.2, 0.25) is 0 Å². The van der Waals surface area contributed by atoms with Gasteiger partial charge in [-0.3, -0.25) is 10.1 Å². The molecule has 0 aromatic heterocycles. The third kappa shape index (κ3) is 3.17. The van der Waals surface area contributed by atoms with E-state index in [2.05, 4.69) is 5.32 Å². The van der Waals surface area contributed by atoms with Crippen LogP contribution in [0.3, 0.4) is 0 Å². The molecule has 0 spiro atoms. The largest absolute Gasteiger partial charge is 0.397 e. The molecule has 98 valence electrons. The highest BCUT2D eigenvalue weighted by atomic mass is 32.2. The molecule has 0 radical (unpaired) electrons. The van der Waals surface area contributed by atoms with Gasteiger partial charge in [-0.25, -0.2) is 0 Å². The van der Waals surface area contributed by atoms with E-state index in [9.17, 15) is 10.1 Å². The van der Waals surface area contributed by atoms with Crippen LogP contribution in [0.25, 0.3) is 0 Å². The third-order valence-corrected chi connectivity index (χ3v) is 3.36. The van der Waals surface area contributed by atoms with Crippen molar-refractivity contribution in [2.75, 3.05) is 17.3 Å². The van der Waals surface area contributed by atoms with Gasteiger partial charge >= 0.3 is 0 Å². The molecular weight excluding hydrogens is 262 g/mol. The molecule has 6 heteroatoms. The number of anilines is 3. The van der Waals surface area contributed by atoms with E-state index in [-0.39, 0.29) is 5.69 Å². The van der Waals surface area contributed by atoms with Gasteiger partial charge in [-0.15, -0.1) is 11.8 Å². The van der Waals surface area contributed by atoms with Gasteiger partial charge in [-0.05, 0) is 36.6 Å². The van der Waals surface area contributed by atoms with E-state index in [1.165, 1.54) is 17.0 Å². The van der Waals surface area contributed by atoms with Gasteiger partial charge in [-0.1, -0.05) is 0 Å². The Morgan fingerprint density at radius 3 is 2.42 bits per heavy atom. The molecule has 5 nitrogen and oxygen atoms in total. The number of benzene rings is 2. The Morgan fingerprint density at radius 1 is 1.21 bits per heavy atom. The predicted octanol–water partition coefficient (Wildman–Crippen LogP) is 3.64. The zero-order valence-electron chi connectivity index (χ0n) is 10.3. The first-order chi connectivity index (χ1) is 9.10. The van der Waals surface area contributed by atoms with Crippen molar-refractivity contribution in [2.24, 2.45) is 0 Å². The van der Waals surface area contributed by atoms with Crippen LogP contribution in [-0.4, -0.2) is 11.2 Å². The van der Waals surface area contributed by atoms with Crippen molar-refractivity contribution >= 4 is 34.5 Å². The highest BCUT2D eigenvalue weighted by Crippen LogP contribution is 2.27. The second-order valence-corrected chi connectivity index (χ2v) is 4.76. The number of hydrogen-bond acceptors (Lipinski definition) is 5. The van der Waals surface area contributed by atoms with Gasteiger partial charge in [0, 0.05) is 22.7 Å². The summed E-state index contributed by atoms with van der Waals surface area (Å²) in [7, 11) is 0. The van der Waals surface area contributed by atoms with Crippen LogP contribution >= 0.6 is 11.8 Å². The van der Waals surface area contributed by atoms with Crippen LogP contribution in [0.1, 0.15) is 0 Å². The maximum Gasteiger partial charge on any atom is 0.271 e. The minimum Gasteiger partial charge on any atom is -0.397 e. The molecule has 0 atom stereocenters. The van der Waals surface area contributed by atoms with Crippen LogP contribution in [-0.2, 0) is 0 Å². The Balaban J connectivity index is 2.20. The molecule has 0 heterocycles. The van der Waals surface area contributed by atoms with Gasteiger partial charge < -0.3 is 11.1 Å². The summed E-state index contributed by atoms with van der Waals surface area (Å²) in [5, 5.41) is 13.8. The van der Waals surface area contributed by atoms with E-state index in [1.54, 1.807) is 17.8 Å². The van der Waals surface area contributed by atoms with Crippen molar-refractivity contribution < 1.29 is 4.92 Å². The molecule has 2 rings (SSSR count). The Kier molecular flexibility index (Phi) is 3.91. The Morgan fingerprint density at radius 2 is 1.89 bits per heavy atom. The molecular formula is C13H13N3O2S. The Hall–Kier alpha value is -2.21. The van der Waals surface area contributed by atoms with Crippen molar-refractivity contribution in [2.45, 2.75) is 4.90 Å². The van der Waals surface area contributed by atoms with E-state index in [1.807, 2.05) is 30.5 Å². The first kappa shape index (κ1) is 13.2. The van der Waals surface area contributed by atoms with Crippen molar-refractivity contribution in [3.63, 3.8) is 0 Å². The molecule has 0 aliphatic carbocycles. The van der Waals surface area contributed by atoms with Crippen LogP contribution in [0.15, 0.2) is 47.4 Å². The van der Waals surface area contributed by atoms with Crippen molar-refractivity contribution in [3.8, 4) is 0 Å². The summed E-state index contributed by atoms with van der Waals surface area (Å²) in [5.74, 6) is 0. The second-order valence-electron chi connectivity index (χ2n) is 3.88. The van der Waals surface area contributed by atoms with Crippen LogP contribution in [0.5, 0.6) is 0 Å². The second kappa shape index (κ2) is 5.62. The SMILES string of the molecule is CSc1ccc(Nc2ccc([N+](=O)[O-])cc2N)cc1. The molecule has 0 fully saturated rings. The zero-order valence-corrected chi connectivity index (χ0v) is 11.1. The highest BCUT2D eigenvalue weighted by molar-refractivity contribution is 7.98. The number of nitro groups is 1. The molecule has 0 saturated heterocycles. The fourth-order valence-electron chi connectivity index (χ4n) is 1.61. The van der Waals surface area contributed by atoms with Gasteiger partial charge in [0.05, 0.1) is 16.3 Å². The summed E-state index contributed by atoms with van der Waals surface area (Å²) in [5.41, 5.74) is 7.67.